The molecule has 21 heavy (non-hydrogen) atoms. The van der Waals surface area contributed by atoms with E-state index in [1.54, 1.807) is 29.5 Å². The van der Waals surface area contributed by atoms with Gasteiger partial charge in [0.05, 0.1) is 16.1 Å². The van der Waals surface area contributed by atoms with Gasteiger partial charge in [-0.3, -0.25) is 0 Å². The van der Waals surface area contributed by atoms with Crippen LogP contribution in [0.4, 0.5) is 17.5 Å². The maximum atomic E-state index is 6.18. The second-order valence-electron chi connectivity index (χ2n) is 4.46. The highest BCUT2D eigenvalue weighted by molar-refractivity contribution is 7.18. The van der Waals surface area contributed by atoms with Crippen LogP contribution in [0.25, 0.3) is 10.2 Å². The van der Waals surface area contributed by atoms with Crippen LogP contribution in [0, 0.1) is 0 Å². The van der Waals surface area contributed by atoms with Crippen LogP contribution in [0.2, 0.25) is 10.0 Å². The van der Waals surface area contributed by atoms with Crippen molar-refractivity contribution in [1.29, 1.82) is 0 Å². The summed E-state index contributed by atoms with van der Waals surface area (Å²) in [6.45, 7) is 2.10. The Morgan fingerprint density at radius 3 is 2.81 bits per heavy atom. The maximum absolute atomic E-state index is 6.18. The molecule has 0 aliphatic carbocycles. The molecule has 3 aromatic rings. The van der Waals surface area contributed by atoms with E-state index in [0.29, 0.717) is 21.6 Å². The average Bonchev–Trinajstić information content (AvgIpc) is 2.86. The molecule has 2 aromatic heterocycles. The lowest BCUT2D eigenvalue weighted by molar-refractivity contribution is 1.19. The van der Waals surface area contributed by atoms with Crippen molar-refractivity contribution in [2.45, 2.75) is 13.3 Å². The molecule has 0 aliphatic heterocycles. The van der Waals surface area contributed by atoms with Gasteiger partial charge >= 0.3 is 0 Å². The fraction of sp³-hybridized carbons (Fsp3) is 0.143. The summed E-state index contributed by atoms with van der Waals surface area (Å²) in [5.74, 6) is 0.866. The minimum atomic E-state index is 0.229. The highest BCUT2D eigenvalue weighted by atomic mass is 35.5. The number of rotatable bonds is 3. The fourth-order valence-corrected chi connectivity index (χ4v) is 3.29. The van der Waals surface area contributed by atoms with Gasteiger partial charge in [-0.2, -0.15) is 4.98 Å². The summed E-state index contributed by atoms with van der Waals surface area (Å²) in [5, 5.41) is 5.29. The third-order valence-electron chi connectivity index (χ3n) is 2.99. The highest BCUT2D eigenvalue weighted by Crippen LogP contribution is 2.34. The first-order valence-electron chi connectivity index (χ1n) is 6.35. The van der Waals surface area contributed by atoms with Crippen LogP contribution < -0.4 is 11.1 Å². The molecule has 4 nitrogen and oxygen atoms in total. The molecule has 0 atom stereocenters. The Labute approximate surface area is 135 Å². The number of benzene rings is 1. The number of nitrogen functional groups attached to an aromatic ring is 1. The molecule has 3 rings (SSSR count). The average molecular weight is 339 g/mol. The van der Waals surface area contributed by atoms with Gasteiger partial charge in [0.25, 0.3) is 0 Å². The Morgan fingerprint density at radius 1 is 1.24 bits per heavy atom. The molecule has 0 bridgehead atoms. The van der Waals surface area contributed by atoms with Crippen LogP contribution in [-0.4, -0.2) is 9.97 Å². The number of aromatic nitrogens is 2. The standard InChI is InChI=1S/C14H12Cl2N4S/c1-2-8-6-9-12(19-14(17)20-13(9)21-8)18-11-5-7(15)3-4-10(11)16/h3-6H,2H2,1H3,(H3,17,18,19,20). The van der Waals surface area contributed by atoms with Crippen molar-refractivity contribution in [2.75, 3.05) is 11.1 Å². The van der Waals surface area contributed by atoms with Crippen LogP contribution in [0.1, 0.15) is 11.8 Å². The zero-order valence-corrected chi connectivity index (χ0v) is 13.5. The number of halogens is 2. The van der Waals surface area contributed by atoms with E-state index in [1.807, 2.05) is 0 Å². The fourth-order valence-electron chi connectivity index (χ4n) is 1.98. The number of nitrogens with one attached hydrogen (secondary N) is 1. The van der Waals surface area contributed by atoms with Crippen molar-refractivity contribution in [3.05, 3.63) is 39.2 Å². The SMILES string of the molecule is CCc1cc2c(Nc3cc(Cl)ccc3Cl)nc(N)nc2s1. The molecular formula is C14H12Cl2N4S. The molecule has 3 N–H and O–H groups in total. The number of hydrogen-bond acceptors (Lipinski definition) is 5. The third-order valence-corrected chi connectivity index (χ3v) is 4.73. The number of fused-ring (bicyclic) bond motifs is 1. The first-order chi connectivity index (χ1) is 10.1. The number of anilines is 3. The Bertz CT molecular complexity index is 816. The molecule has 0 spiro atoms. The van der Waals surface area contributed by atoms with E-state index in [-0.39, 0.29) is 5.95 Å². The van der Waals surface area contributed by atoms with Gasteiger partial charge in [0.1, 0.15) is 10.6 Å². The van der Waals surface area contributed by atoms with E-state index >= 15 is 0 Å². The zero-order chi connectivity index (χ0) is 15.0. The first-order valence-corrected chi connectivity index (χ1v) is 7.92. The lowest BCUT2D eigenvalue weighted by atomic mass is 10.3. The predicted molar refractivity (Wildman–Crippen MR) is 91.0 cm³/mol. The van der Waals surface area contributed by atoms with Crippen molar-refractivity contribution in [1.82, 2.24) is 9.97 Å². The van der Waals surface area contributed by atoms with Gasteiger partial charge in [-0.1, -0.05) is 30.1 Å². The quantitative estimate of drug-likeness (QED) is 0.713. The van der Waals surface area contributed by atoms with Gasteiger partial charge in [-0.25, -0.2) is 4.98 Å². The predicted octanol–water partition coefficient (Wildman–Crippen LogP) is 4.89. The zero-order valence-electron chi connectivity index (χ0n) is 11.2. The van der Waals surface area contributed by atoms with E-state index in [9.17, 15) is 0 Å². The Balaban J connectivity index is 2.11. The Morgan fingerprint density at radius 2 is 2.05 bits per heavy atom. The summed E-state index contributed by atoms with van der Waals surface area (Å²) in [6, 6.07) is 7.29. The molecule has 0 amide bonds. The molecular weight excluding hydrogens is 327 g/mol. The minimum Gasteiger partial charge on any atom is -0.368 e. The van der Waals surface area contributed by atoms with Crippen molar-refractivity contribution in [3.8, 4) is 0 Å². The number of aryl methyl sites for hydroxylation is 1. The topological polar surface area (TPSA) is 63.8 Å². The third kappa shape index (κ3) is 2.90. The number of nitrogens with two attached hydrogens (primary N) is 1. The summed E-state index contributed by atoms with van der Waals surface area (Å²) in [6.07, 6.45) is 0.943. The molecule has 7 heteroatoms. The lowest BCUT2D eigenvalue weighted by Gasteiger charge is -2.09. The first kappa shape index (κ1) is 14.4. The lowest BCUT2D eigenvalue weighted by Crippen LogP contribution is -2.00. The molecule has 0 saturated carbocycles. The van der Waals surface area contributed by atoms with Gasteiger partial charge in [0.15, 0.2) is 0 Å². The second-order valence-corrected chi connectivity index (χ2v) is 6.42. The van der Waals surface area contributed by atoms with E-state index < -0.39 is 0 Å². The number of hydrogen-bond donors (Lipinski definition) is 2. The van der Waals surface area contributed by atoms with E-state index in [0.717, 1.165) is 16.6 Å². The summed E-state index contributed by atoms with van der Waals surface area (Å²) in [5.41, 5.74) is 6.47. The monoisotopic (exact) mass is 338 g/mol. The van der Waals surface area contributed by atoms with Crippen LogP contribution in [0.15, 0.2) is 24.3 Å². The van der Waals surface area contributed by atoms with Crippen LogP contribution in [-0.2, 0) is 6.42 Å². The van der Waals surface area contributed by atoms with E-state index in [4.69, 9.17) is 28.9 Å². The van der Waals surface area contributed by atoms with Gasteiger partial charge in [-0.05, 0) is 30.7 Å². The largest absolute Gasteiger partial charge is 0.368 e. The molecule has 0 saturated heterocycles. The molecule has 0 unspecified atom stereocenters. The smallest absolute Gasteiger partial charge is 0.223 e. The molecule has 0 aliphatic rings. The summed E-state index contributed by atoms with van der Waals surface area (Å²) >= 11 is 13.8. The second kappa shape index (κ2) is 5.67. The van der Waals surface area contributed by atoms with Gasteiger partial charge < -0.3 is 11.1 Å². The van der Waals surface area contributed by atoms with Crippen molar-refractivity contribution < 1.29 is 0 Å². The summed E-state index contributed by atoms with van der Waals surface area (Å²) in [4.78, 5) is 10.6. The molecule has 0 radical (unpaired) electrons. The molecule has 1 aromatic carbocycles. The van der Waals surface area contributed by atoms with Gasteiger partial charge in [-0.15, -0.1) is 11.3 Å². The van der Waals surface area contributed by atoms with Crippen LogP contribution in [0.5, 0.6) is 0 Å². The van der Waals surface area contributed by atoms with Crippen molar-refractivity contribution in [2.24, 2.45) is 0 Å². The van der Waals surface area contributed by atoms with Crippen molar-refractivity contribution >= 4 is 62.2 Å². The number of nitrogens with zero attached hydrogens (tertiary/aromatic N) is 2. The number of thiophene rings is 1. The minimum absolute atomic E-state index is 0.229. The molecule has 108 valence electrons. The van der Waals surface area contributed by atoms with Gasteiger partial charge in [0, 0.05) is 9.90 Å². The van der Waals surface area contributed by atoms with E-state index in [2.05, 4.69) is 28.3 Å². The summed E-state index contributed by atoms with van der Waals surface area (Å²) < 4.78 is 0. The normalized spacial score (nSPS) is 11.0. The van der Waals surface area contributed by atoms with Gasteiger partial charge in [0.2, 0.25) is 5.95 Å². The molecule has 2 heterocycles. The Hall–Kier alpha value is -1.56. The van der Waals surface area contributed by atoms with E-state index in [1.165, 1.54) is 4.88 Å². The highest BCUT2D eigenvalue weighted by Gasteiger charge is 2.12. The Kier molecular flexibility index (Phi) is 3.89. The van der Waals surface area contributed by atoms with Crippen LogP contribution in [0.3, 0.4) is 0 Å². The van der Waals surface area contributed by atoms with Crippen molar-refractivity contribution in [3.63, 3.8) is 0 Å². The van der Waals surface area contributed by atoms with Crippen LogP contribution >= 0.6 is 34.5 Å². The molecule has 0 fully saturated rings. The summed E-state index contributed by atoms with van der Waals surface area (Å²) in [7, 11) is 0. The maximum Gasteiger partial charge on any atom is 0.223 e.